The van der Waals surface area contributed by atoms with Crippen LogP contribution in [-0.2, 0) is 17.1 Å². The first-order valence-corrected chi connectivity index (χ1v) is 6.43. The first-order valence-electron chi connectivity index (χ1n) is 4.16. The van der Waals surface area contributed by atoms with Crippen molar-refractivity contribution in [3.63, 3.8) is 0 Å². The van der Waals surface area contributed by atoms with E-state index in [-0.39, 0.29) is 22.2 Å². The van der Waals surface area contributed by atoms with Crippen LogP contribution in [0.1, 0.15) is 6.92 Å². The first kappa shape index (κ1) is 12.6. The molecule has 0 radical (unpaired) electrons. The Morgan fingerprint density at radius 2 is 2.27 bits per heavy atom. The van der Waals surface area contributed by atoms with Crippen molar-refractivity contribution in [3.8, 4) is 0 Å². The van der Waals surface area contributed by atoms with E-state index >= 15 is 0 Å². The second-order valence-electron chi connectivity index (χ2n) is 3.07. The maximum atomic E-state index is 11.8. The molecule has 0 fully saturated rings. The lowest BCUT2D eigenvalue weighted by Gasteiger charge is -2.11. The van der Waals surface area contributed by atoms with E-state index in [0.29, 0.717) is 0 Å². The van der Waals surface area contributed by atoms with Crippen LogP contribution >= 0.6 is 15.9 Å². The third kappa shape index (κ3) is 2.74. The van der Waals surface area contributed by atoms with Gasteiger partial charge in [-0.3, -0.25) is 0 Å². The van der Waals surface area contributed by atoms with Gasteiger partial charge in [0, 0.05) is 19.6 Å². The number of hydrogen-bond donors (Lipinski definition) is 2. The Hall–Kier alpha value is -0.510. The molecule has 1 unspecified atom stereocenters. The highest BCUT2D eigenvalue weighted by molar-refractivity contribution is 9.10. The van der Waals surface area contributed by atoms with Crippen LogP contribution in [0.5, 0.6) is 0 Å². The van der Waals surface area contributed by atoms with Crippen molar-refractivity contribution in [2.45, 2.75) is 18.0 Å². The highest BCUT2D eigenvalue weighted by atomic mass is 79.9. The minimum atomic E-state index is -3.63. The number of sulfonamides is 1. The van der Waals surface area contributed by atoms with Crippen molar-refractivity contribution in [1.29, 1.82) is 0 Å². The van der Waals surface area contributed by atoms with Gasteiger partial charge in [-0.05, 0) is 22.9 Å². The summed E-state index contributed by atoms with van der Waals surface area (Å²) in [6, 6.07) is -0.336. The summed E-state index contributed by atoms with van der Waals surface area (Å²) >= 11 is 3.02. The van der Waals surface area contributed by atoms with E-state index in [4.69, 9.17) is 5.73 Å². The summed E-state index contributed by atoms with van der Waals surface area (Å²) in [7, 11) is -2.13. The summed E-state index contributed by atoms with van der Waals surface area (Å²) in [6.45, 7) is 1.90. The normalized spacial score (nSPS) is 14.1. The van der Waals surface area contributed by atoms with Crippen LogP contribution in [0.3, 0.4) is 0 Å². The third-order valence-electron chi connectivity index (χ3n) is 1.70. The van der Waals surface area contributed by atoms with Crippen molar-refractivity contribution in [1.82, 2.24) is 19.7 Å². The lowest BCUT2D eigenvalue weighted by Crippen LogP contribution is -2.38. The van der Waals surface area contributed by atoms with Gasteiger partial charge in [0.25, 0.3) is 10.0 Å². The Balaban J connectivity index is 3.07. The van der Waals surface area contributed by atoms with Gasteiger partial charge in [0.1, 0.15) is 0 Å². The number of halogens is 1. The van der Waals surface area contributed by atoms with Gasteiger partial charge in [-0.25, -0.2) is 17.8 Å². The zero-order valence-corrected chi connectivity index (χ0v) is 10.7. The zero-order valence-electron chi connectivity index (χ0n) is 8.31. The number of rotatable bonds is 4. The standard InChI is InChI=1S/C6H12BrN5O2S/c1-4(3-8)10-15(13,14)6-5(7)9-11-12(6)2/h4,10H,3,8H2,1-2H3. The largest absolute Gasteiger partial charge is 0.329 e. The highest BCUT2D eigenvalue weighted by Gasteiger charge is 2.24. The maximum Gasteiger partial charge on any atom is 0.260 e. The number of nitrogens with one attached hydrogen (secondary N) is 1. The predicted molar refractivity (Wildman–Crippen MR) is 57.5 cm³/mol. The van der Waals surface area contributed by atoms with E-state index in [1.807, 2.05) is 0 Å². The van der Waals surface area contributed by atoms with Gasteiger partial charge in [-0.15, -0.1) is 5.10 Å². The number of nitrogens with zero attached hydrogens (tertiary/aromatic N) is 3. The molecule has 0 saturated carbocycles. The highest BCUT2D eigenvalue weighted by Crippen LogP contribution is 2.17. The Labute approximate surface area is 96.2 Å². The Morgan fingerprint density at radius 1 is 1.67 bits per heavy atom. The maximum absolute atomic E-state index is 11.8. The molecule has 86 valence electrons. The van der Waals surface area contributed by atoms with E-state index in [2.05, 4.69) is 31.0 Å². The Bertz CT molecular complexity index is 423. The molecule has 0 spiro atoms. The van der Waals surface area contributed by atoms with Gasteiger partial charge in [0.05, 0.1) is 0 Å². The van der Waals surface area contributed by atoms with Crippen LogP contribution in [0.2, 0.25) is 0 Å². The fourth-order valence-corrected chi connectivity index (χ4v) is 3.33. The monoisotopic (exact) mass is 297 g/mol. The summed E-state index contributed by atoms with van der Waals surface area (Å²) < 4.78 is 27.4. The lowest BCUT2D eigenvalue weighted by molar-refractivity contribution is 0.544. The SMILES string of the molecule is CC(CN)NS(=O)(=O)c1c(Br)nnn1C. The number of aromatic nitrogens is 3. The smallest absolute Gasteiger partial charge is 0.260 e. The molecule has 0 bridgehead atoms. The molecule has 0 amide bonds. The van der Waals surface area contributed by atoms with Crippen LogP contribution in [0, 0.1) is 0 Å². The van der Waals surface area contributed by atoms with E-state index in [1.54, 1.807) is 6.92 Å². The van der Waals surface area contributed by atoms with Crippen molar-refractivity contribution < 1.29 is 8.42 Å². The summed E-state index contributed by atoms with van der Waals surface area (Å²) in [6.07, 6.45) is 0. The van der Waals surface area contributed by atoms with Crippen LogP contribution < -0.4 is 10.5 Å². The molecule has 1 aromatic heterocycles. The van der Waals surface area contributed by atoms with E-state index < -0.39 is 10.0 Å². The minimum absolute atomic E-state index is 0.0113. The van der Waals surface area contributed by atoms with Gasteiger partial charge in [0.2, 0.25) is 5.03 Å². The predicted octanol–water partition coefficient (Wildman–Crippen LogP) is -0.797. The van der Waals surface area contributed by atoms with E-state index in [9.17, 15) is 8.42 Å². The molecule has 0 aliphatic rings. The van der Waals surface area contributed by atoms with E-state index in [1.165, 1.54) is 11.7 Å². The molecule has 1 atom stereocenters. The number of nitrogens with two attached hydrogens (primary N) is 1. The van der Waals surface area contributed by atoms with Crippen LogP contribution in [-0.4, -0.2) is 36.0 Å². The van der Waals surface area contributed by atoms with Crippen molar-refractivity contribution >= 4 is 26.0 Å². The zero-order chi connectivity index (χ0) is 11.6. The topological polar surface area (TPSA) is 103 Å². The molecule has 7 nitrogen and oxygen atoms in total. The lowest BCUT2D eigenvalue weighted by atomic mass is 10.4. The molecular weight excluding hydrogens is 286 g/mol. The first-order chi connectivity index (χ1) is 6.88. The van der Waals surface area contributed by atoms with Crippen LogP contribution in [0.15, 0.2) is 9.63 Å². The van der Waals surface area contributed by atoms with Gasteiger partial charge in [-0.1, -0.05) is 5.21 Å². The summed E-state index contributed by atoms with van der Waals surface area (Å²) in [4.78, 5) is 0. The van der Waals surface area contributed by atoms with Gasteiger partial charge >= 0.3 is 0 Å². The molecule has 1 aromatic rings. The quantitative estimate of drug-likeness (QED) is 0.758. The molecule has 0 saturated heterocycles. The van der Waals surface area contributed by atoms with Crippen molar-refractivity contribution in [2.75, 3.05) is 6.54 Å². The van der Waals surface area contributed by atoms with Gasteiger partial charge < -0.3 is 5.73 Å². The fourth-order valence-electron chi connectivity index (χ4n) is 0.977. The molecule has 1 rings (SSSR count). The van der Waals surface area contributed by atoms with Gasteiger partial charge in [-0.2, -0.15) is 0 Å². The average molecular weight is 298 g/mol. The Morgan fingerprint density at radius 3 is 2.67 bits per heavy atom. The molecule has 0 aromatic carbocycles. The van der Waals surface area contributed by atoms with Crippen molar-refractivity contribution in [3.05, 3.63) is 4.60 Å². The minimum Gasteiger partial charge on any atom is -0.329 e. The summed E-state index contributed by atoms with van der Waals surface area (Å²) in [5.41, 5.74) is 5.33. The Kier molecular flexibility index (Phi) is 3.82. The molecule has 3 N–H and O–H groups in total. The molecule has 1 heterocycles. The third-order valence-corrected chi connectivity index (χ3v) is 4.18. The molecular formula is C6H12BrN5O2S. The molecule has 0 aliphatic heterocycles. The average Bonchev–Trinajstić information content (AvgIpc) is 2.45. The number of aryl methyl sites for hydroxylation is 1. The van der Waals surface area contributed by atoms with Crippen molar-refractivity contribution in [2.24, 2.45) is 12.8 Å². The van der Waals surface area contributed by atoms with E-state index in [0.717, 1.165) is 0 Å². The van der Waals surface area contributed by atoms with Gasteiger partial charge in [0.15, 0.2) is 4.60 Å². The second-order valence-corrected chi connectivity index (χ2v) is 5.45. The second kappa shape index (κ2) is 4.56. The van der Waals surface area contributed by atoms with Crippen LogP contribution in [0.4, 0.5) is 0 Å². The van der Waals surface area contributed by atoms with Crippen LogP contribution in [0.25, 0.3) is 0 Å². The molecule has 15 heavy (non-hydrogen) atoms. The summed E-state index contributed by atoms with van der Waals surface area (Å²) in [5.74, 6) is 0. The summed E-state index contributed by atoms with van der Waals surface area (Å²) in [5, 5.41) is 7.17. The molecule has 9 heteroatoms. The number of hydrogen-bond acceptors (Lipinski definition) is 5. The fraction of sp³-hybridized carbons (Fsp3) is 0.667. The molecule has 0 aliphatic carbocycles.